The van der Waals surface area contributed by atoms with Crippen LogP contribution in [-0.2, 0) is 22.7 Å². The molecule has 206 valence electrons. The second kappa shape index (κ2) is 12.5. The second-order valence-electron chi connectivity index (χ2n) is 9.25. The van der Waals surface area contributed by atoms with E-state index in [1.54, 1.807) is 0 Å². The van der Waals surface area contributed by atoms with Gasteiger partial charge in [0.1, 0.15) is 0 Å². The summed E-state index contributed by atoms with van der Waals surface area (Å²) in [6.07, 6.45) is 1.12. The van der Waals surface area contributed by atoms with E-state index < -0.39 is 11.9 Å². The zero-order valence-electron chi connectivity index (χ0n) is 22.0. The van der Waals surface area contributed by atoms with Crippen LogP contribution in [0.1, 0.15) is 16.1 Å². The number of likely N-dealkylation sites (N-methyl/N-ethyl adjacent to an activating group) is 1. The first kappa shape index (κ1) is 28.4. The van der Waals surface area contributed by atoms with Crippen LogP contribution in [-0.4, -0.2) is 58.2 Å². The van der Waals surface area contributed by atoms with Crippen LogP contribution in [0.15, 0.2) is 84.9 Å². The van der Waals surface area contributed by atoms with E-state index in [0.29, 0.717) is 47.5 Å². The van der Waals surface area contributed by atoms with Crippen LogP contribution in [0.5, 0.6) is 11.5 Å². The van der Waals surface area contributed by atoms with Crippen LogP contribution < -0.4 is 9.64 Å². The molecule has 1 amide bonds. The number of carbonyl (C=O) groups is 3. The van der Waals surface area contributed by atoms with Crippen LogP contribution in [0.25, 0.3) is 10.9 Å². The third kappa shape index (κ3) is 6.51. The fourth-order valence-corrected chi connectivity index (χ4v) is 4.48. The molecule has 0 saturated heterocycles. The molecule has 0 atom stereocenters. The molecule has 10 heteroatoms. The smallest absolute Gasteiger partial charge is 0.328 e. The molecule has 2 N–H and O–H groups in total. The number of carbonyl (C=O) groups excluding carboxylic acids is 1. The summed E-state index contributed by atoms with van der Waals surface area (Å²) in [5.74, 6) is -1.35. The number of benzene rings is 3. The summed E-state index contributed by atoms with van der Waals surface area (Å²) in [7, 11) is 4.04. The Morgan fingerprint density at radius 3 is 2.25 bits per heavy atom. The number of aliphatic carboxylic acids is 2. The minimum absolute atomic E-state index is 0.0834. The average molecular weight is 562 g/mol. The summed E-state index contributed by atoms with van der Waals surface area (Å²) < 4.78 is 8.49. The summed E-state index contributed by atoms with van der Waals surface area (Å²) in [4.78, 5) is 37.1. The monoisotopic (exact) mass is 561 g/mol. The number of fused-ring (bicyclic) bond motifs is 4. The Kier molecular flexibility index (Phi) is 8.88. The van der Waals surface area contributed by atoms with Gasteiger partial charge in [-0.05, 0) is 50.0 Å². The molecule has 40 heavy (non-hydrogen) atoms. The maximum Gasteiger partial charge on any atom is 0.328 e. The molecule has 0 unspecified atom stereocenters. The zero-order valence-corrected chi connectivity index (χ0v) is 22.7. The van der Waals surface area contributed by atoms with E-state index in [-0.39, 0.29) is 5.91 Å². The largest absolute Gasteiger partial charge is 0.478 e. The van der Waals surface area contributed by atoms with Crippen LogP contribution in [0, 0.1) is 0 Å². The molecule has 0 radical (unpaired) electrons. The minimum atomic E-state index is -1.26. The molecule has 9 nitrogen and oxygen atoms in total. The highest BCUT2D eigenvalue weighted by atomic mass is 35.5. The molecule has 2 heterocycles. The Labute approximate surface area is 236 Å². The first-order chi connectivity index (χ1) is 19.2. The highest BCUT2D eigenvalue weighted by molar-refractivity contribution is 6.31. The maximum absolute atomic E-state index is 14.1. The number of ether oxygens (including phenoxy) is 1. The van der Waals surface area contributed by atoms with E-state index >= 15 is 0 Å². The number of anilines is 1. The molecule has 0 aliphatic carbocycles. The molecule has 4 aromatic rings. The van der Waals surface area contributed by atoms with Gasteiger partial charge in [0.15, 0.2) is 17.2 Å². The van der Waals surface area contributed by atoms with Crippen LogP contribution in [0.4, 0.5) is 5.69 Å². The number of rotatable bonds is 7. The van der Waals surface area contributed by atoms with Crippen LogP contribution >= 0.6 is 11.6 Å². The lowest BCUT2D eigenvalue weighted by molar-refractivity contribution is -0.134. The number of halogens is 1. The highest BCUT2D eigenvalue weighted by Gasteiger charge is 2.34. The third-order valence-corrected chi connectivity index (χ3v) is 6.35. The van der Waals surface area contributed by atoms with Crippen molar-refractivity contribution >= 4 is 46.0 Å². The fraction of sp³-hybridized carbons (Fsp3) is 0.167. The second-order valence-corrected chi connectivity index (χ2v) is 9.69. The topological polar surface area (TPSA) is 112 Å². The predicted octanol–water partition coefficient (Wildman–Crippen LogP) is 5.52. The molecular weight excluding hydrogens is 534 g/mol. The van der Waals surface area contributed by atoms with Gasteiger partial charge < -0.3 is 24.4 Å². The van der Waals surface area contributed by atoms with Crippen molar-refractivity contribution in [2.75, 3.05) is 25.5 Å². The Balaban J connectivity index is 0.000000406. The summed E-state index contributed by atoms with van der Waals surface area (Å²) in [5, 5.41) is 17.1. The quantitative estimate of drug-likeness (QED) is 0.286. The first-order valence-corrected chi connectivity index (χ1v) is 12.8. The maximum atomic E-state index is 14.1. The molecule has 1 aromatic heterocycles. The van der Waals surface area contributed by atoms with Gasteiger partial charge in [-0.3, -0.25) is 9.69 Å². The van der Waals surface area contributed by atoms with Gasteiger partial charge in [0, 0.05) is 35.7 Å². The Bertz CT molecular complexity index is 1560. The van der Waals surface area contributed by atoms with Crippen molar-refractivity contribution in [1.29, 1.82) is 0 Å². The predicted molar refractivity (Wildman–Crippen MR) is 153 cm³/mol. The first-order valence-electron chi connectivity index (χ1n) is 12.4. The summed E-state index contributed by atoms with van der Waals surface area (Å²) in [6, 6.07) is 23.4. The number of carboxylic acids is 2. The van der Waals surface area contributed by atoms with E-state index in [1.807, 2.05) is 96.4 Å². The van der Waals surface area contributed by atoms with Crippen molar-refractivity contribution in [3.8, 4) is 11.5 Å². The van der Waals surface area contributed by atoms with Gasteiger partial charge in [-0.25, -0.2) is 9.59 Å². The van der Waals surface area contributed by atoms with Crippen LogP contribution in [0.2, 0.25) is 5.02 Å². The third-order valence-electron chi connectivity index (χ3n) is 6.12. The van der Waals surface area contributed by atoms with Gasteiger partial charge in [0.2, 0.25) is 0 Å². The zero-order chi connectivity index (χ0) is 28.8. The number of amides is 1. The molecule has 0 bridgehead atoms. The van der Waals surface area contributed by atoms with E-state index in [9.17, 15) is 14.4 Å². The summed E-state index contributed by atoms with van der Waals surface area (Å²) in [5.41, 5.74) is 3.27. The summed E-state index contributed by atoms with van der Waals surface area (Å²) in [6.45, 7) is 1.88. The number of para-hydroxylation sites is 2. The molecule has 0 fully saturated rings. The fourth-order valence-electron chi connectivity index (χ4n) is 4.32. The van der Waals surface area contributed by atoms with Gasteiger partial charge in [0.25, 0.3) is 5.91 Å². The Morgan fingerprint density at radius 2 is 1.60 bits per heavy atom. The van der Waals surface area contributed by atoms with Crippen molar-refractivity contribution in [2.24, 2.45) is 0 Å². The van der Waals surface area contributed by atoms with Gasteiger partial charge in [-0.15, -0.1) is 0 Å². The molecule has 0 saturated carbocycles. The highest BCUT2D eigenvalue weighted by Crippen LogP contribution is 2.44. The molecule has 1 aliphatic rings. The Morgan fingerprint density at radius 1 is 0.950 bits per heavy atom. The lowest BCUT2D eigenvalue weighted by Crippen LogP contribution is -2.32. The lowest BCUT2D eigenvalue weighted by Gasteiger charge is -2.23. The van der Waals surface area contributed by atoms with Crippen LogP contribution in [0.3, 0.4) is 0 Å². The van der Waals surface area contributed by atoms with Gasteiger partial charge in [-0.1, -0.05) is 54.1 Å². The van der Waals surface area contributed by atoms with Gasteiger partial charge >= 0.3 is 11.9 Å². The Hall–Kier alpha value is -4.60. The average Bonchev–Trinajstić information content (AvgIpc) is 3.16. The van der Waals surface area contributed by atoms with Crippen molar-refractivity contribution in [1.82, 2.24) is 9.47 Å². The minimum Gasteiger partial charge on any atom is -0.478 e. The number of nitrogens with zero attached hydrogens (tertiary/aromatic N) is 3. The molecular formula is C30H28ClN3O6. The van der Waals surface area contributed by atoms with Gasteiger partial charge in [-0.2, -0.15) is 0 Å². The number of carboxylic acid groups (broad SMARTS) is 2. The van der Waals surface area contributed by atoms with Crippen molar-refractivity contribution in [2.45, 2.75) is 13.1 Å². The normalized spacial score (nSPS) is 12.4. The molecule has 5 rings (SSSR count). The van der Waals surface area contributed by atoms with Gasteiger partial charge in [0.05, 0.1) is 17.7 Å². The van der Waals surface area contributed by atoms with Crippen molar-refractivity contribution in [3.05, 3.63) is 101 Å². The standard InChI is InChI=1S/C26H24ClN3O2.C4H4O4/c1-28(2)14-15-29-22-16-19(27)12-13-20(22)25-24(29)26(31)30(17-18-8-4-3-5-9-18)21-10-6-7-11-23(21)32-25;5-3(6)1-2-4(7)8/h3-13,16H,14-15,17H2,1-2H3;1-2H,(H,5,6)(H,7,8). The molecule has 1 aliphatic heterocycles. The lowest BCUT2D eigenvalue weighted by atomic mass is 10.1. The van der Waals surface area contributed by atoms with Crippen molar-refractivity contribution in [3.63, 3.8) is 0 Å². The van der Waals surface area contributed by atoms with E-state index in [2.05, 4.69) is 4.90 Å². The number of hydrogen-bond donors (Lipinski definition) is 2. The van der Waals surface area contributed by atoms with Crippen molar-refractivity contribution < 1.29 is 29.3 Å². The number of aromatic nitrogens is 1. The molecule has 0 spiro atoms. The number of hydrogen-bond acceptors (Lipinski definition) is 5. The molecule has 3 aromatic carbocycles. The SMILES string of the molecule is CN(C)CCn1c2c(c3ccc(Cl)cc31)Oc1ccccc1N(Cc1ccccc1)C2=O.O=C(O)C=CC(=O)O. The van der Waals surface area contributed by atoms with E-state index in [0.717, 1.165) is 28.7 Å². The van der Waals surface area contributed by atoms with E-state index in [1.165, 1.54) is 0 Å². The van der Waals surface area contributed by atoms with E-state index in [4.69, 9.17) is 26.6 Å². The summed E-state index contributed by atoms with van der Waals surface area (Å²) >= 11 is 6.34.